The molecular weight excluding hydrogens is 1430 g/mol. The quantitative estimate of drug-likeness (QED) is 0.220. The molecule has 98 heavy (non-hydrogen) atoms. The molecule has 0 spiro atoms. The molecule has 7 aromatic heterocycles. The zero-order valence-electron chi connectivity index (χ0n) is 50.8. The minimum atomic E-state index is -1.24. The van der Waals surface area contributed by atoms with Crippen LogP contribution in [0.25, 0.3) is 76.3 Å². The van der Waals surface area contributed by atoms with Crippen LogP contribution in [0.5, 0.6) is 0 Å². The van der Waals surface area contributed by atoms with Gasteiger partial charge in [0.15, 0.2) is 0 Å². The van der Waals surface area contributed by atoms with Crippen molar-refractivity contribution in [1.82, 2.24) is 34.9 Å². The van der Waals surface area contributed by atoms with Crippen molar-refractivity contribution in [2.75, 3.05) is 0 Å². The van der Waals surface area contributed by atoms with E-state index in [1.807, 2.05) is 148 Å². The fourth-order valence-corrected chi connectivity index (χ4v) is 8.26. The second-order valence-electron chi connectivity index (χ2n) is 18.7. The van der Waals surface area contributed by atoms with Gasteiger partial charge in [-0.2, -0.15) is 0 Å². The summed E-state index contributed by atoms with van der Waals surface area (Å²) in [5, 5.41) is 79.8. The number of carbonyl (C=O) groups is 10. The predicted octanol–water partition coefficient (Wildman–Crippen LogP) is 3.63. The van der Waals surface area contributed by atoms with E-state index in [0.717, 1.165) is 37.7 Å². The van der Waals surface area contributed by atoms with Crippen molar-refractivity contribution in [3.05, 3.63) is 295 Å². The number of benzene rings is 7. The summed E-state index contributed by atoms with van der Waals surface area (Å²) >= 11 is 0. The first kappa shape index (κ1) is 76.8. The Labute approximate surface area is 569 Å². The van der Waals surface area contributed by atoms with Crippen LogP contribution in [0.1, 0.15) is 73.4 Å². The summed E-state index contributed by atoms with van der Waals surface area (Å²) in [4.78, 5) is 125. The Morgan fingerprint density at radius 3 is 0.388 bits per heavy atom. The fourth-order valence-electron chi connectivity index (χ4n) is 8.26. The van der Waals surface area contributed by atoms with E-state index in [4.69, 9.17) is 14.4 Å². The number of aromatic carboxylic acids is 7. The smallest absolute Gasteiger partial charge is 0.106 e. The molecule has 0 N–H and O–H groups in total. The van der Waals surface area contributed by atoms with E-state index in [2.05, 4.69) is 34.9 Å². The molecule has 0 bridgehead atoms. The number of aromatic nitrogens is 7. The van der Waals surface area contributed by atoms with E-state index in [0.29, 0.717) is 38.6 Å². The molecule has 0 aliphatic rings. The third kappa shape index (κ3) is 22.9. The Hall–Kier alpha value is -13.6. The number of hydrogen-bond donors (Lipinski definition) is 0. The number of rotatable bonds is 7. The monoisotopic (exact) mass is 1480 g/mol. The SMILES string of the molecule is C=O.C=O.C=O.O=C([O-])c1ccc2ccccc2n1.O=C([O-])c1ccc2ccccc2n1.O=C([O-])c1ccc2ccccc2n1.O=C([O-])c1ccc2ccccc2n1.O=C([O-])c1ccc2ccccc2n1.O=C([O-])c1ccc2ccccc2n1.O=C([O-])c1ccc2ccccc2n1.[Re]. The summed E-state index contributed by atoms with van der Waals surface area (Å²) in [6, 6.07) is 73.4. The Kier molecular flexibility index (Phi) is 31.1. The Morgan fingerprint density at radius 1 is 0.184 bits per heavy atom. The summed E-state index contributed by atoms with van der Waals surface area (Å²) in [6.07, 6.45) is 0. The van der Waals surface area contributed by atoms with Gasteiger partial charge in [-0.05, 0) is 84.9 Å². The average Bonchev–Trinajstić information content (AvgIpc) is 0.940. The van der Waals surface area contributed by atoms with Crippen molar-refractivity contribution in [2.24, 2.45) is 0 Å². The molecule has 0 aliphatic carbocycles. The Balaban J connectivity index is 0.000000239. The van der Waals surface area contributed by atoms with E-state index in [1.165, 1.54) is 42.5 Å². The molecule has 24 nitrogen and oxygen atoms in total. The van der Waals surface area contributed by atoms with E-state index < -0.39 is 41.8 Å². The number of hydrogen-bond acceptors (Lipinski definition) is 24. The van der Waals surface area contributed by atoms with E-state index in [-0.39, 0.29) is 60.3 Å². The van der Waals surface area contributed by atoms with Gasteiger partial charge in [0.1, 0.15) is 20.4 Å². The van der Waals surface area contributed by atoms with E-state index >= 15 is 0 Å². The molecule has 7 aromatic carbocycles. The van der Waals surface area contributed by atoms with Crippen molar-refractivity contribution in [3.8, 4) is 0 Å². The summed E-state index contributed by atoms with van der Waals surface area (Å²) in [7, 11) is 0. The Bertz CT molecular complexity index is 4200. The van der Waals surface area contributed by atoms with E-state index in [1.54, 1.807) is 84.9 Å². The number of pyridine rings is 7. The van der Waals surface area contributed by atoms with Gasteiger partial charge in [0, 0.05) is 58.1 Å². The van der Waals surface area contributed by atoms with Gasteiger partial charge in [-0.3, -0.25) is 0 Å². The molecule has 0 unspecified atom stereocenters. The van der Waals surface area contributed by atoms with Gasteiger partial charge in [0.25, 0.3) is 0 Å². The first-order valence-corrected chi connectivity index (χ1v) is 27.8. The molecule has 0 aliphatic heterocycles. The topological polar surface area (TPSA) is 422 Å². The third-order valence-electron chi connectivity index (χ3n) is 12.7. The van der Waals surface area contributed by atoms with Gasteiger partial charge < -0.3 is 83.7 Å². The first-order valence-electron chi connectivity index (χ1n) is 27.8. The van der Waals surface area contributed by atoms with Crippen LogP contribution in [-0.2, 0) is 34.8 Å². The van der Waals surface area contributed by atoms with Crippen molar-refractivity contribution in [1.29, 1.82) is 0 Å². The zero-order chi connectivity index (χ0) is 70.8. The number of fused-ring (bicyclic) bond motifs is 7. The molecule has 25 heteroatoms. The van der Waals surface area contributed by atoms with Gasteiger partial charge in [-0.25, -0.2) is 34.9 Å². The summed E-state index contributed by atoms with van der Waals surface area (Å²) in [5.74, 6) is -8.71. The molecule has 0 amide bonds. The van der Waals surface area contributed by atoms with Crippen LogP contribution < -0.4 is 35.7 Å². The largest absolute Gasteiger partial charge is 0.543 e. The molecule has 0 saturated carbocycles. The first-order chi connectivity index (χ1) is 46.9. The number of para-hydroxylation sites is 7. The van der Waals surface area contributed by atoms with Crippen LogP contribution in [0.4, 0.5) is 0 Å². The van der Waals surface area contributed by atoms with Crippen molar-refractivity contribution >= 4 is 138 Å². The van der Waals surface area contributed by atoms with Gasteiger partial charge >= 0.3 is 0 Å². The molecule has 0 fully saturated rings. The summed E-state index contributed by atoms with van der Waals surface area (Å²) < 4.78 is 0. The fraction of sp³-hybridized carbons (Fsp3) is 0. The van der Waals surface area contributed by atoms with Gasteiger partial charge in [-0.1, -0.05) is 170 Å². The maximum Gasteiger partial charge on any atom is 0.106 e. The maximum absolute atomic E-state index is 10.5. The standard InChI is InChI=1S/7C10H7NO2.3CH2O.Re/c7*12-10(13)9-6-5-7-3-1-2-4-8(7)11-9;3*1-2;/h7*1-6H,(H,12,13);3*1H2;/p-7. The molecule has 491 valence electrons. The molecule has 7 heterocycles. The van der Waals surface area contributed by atoms with Crippen LogP contribution >= 0.6 is 0 Å². The van der Waals surface area contributed by atoms with Crippen molar-refractivity contribution in [2.45, 2.75) is 0 Å². The van der Waals surface area contributed by atoms with Crippen molar-refractivity contribution in [3.63, 3.8) is 0 Å². The van der Waals surface area contributed by atoms with Gasteiger partial charge in [-0.15, -0.1) is 0 Å². The second kappa shape index (κ2) is 39.7. The minimum Gasteiger partial charge on any atom is -0.543 e. The third-order valence-corrected chi connectivity index (χ3v) is 12.7. The number of carboxylic acid groups (broad SMARTS) is 7. The van der Waals surface area contributed by atoms with Crippen LogP contribution in [0.15, 0.2) is 255 Å². The normalized spacial score (nSPS) is 9.55. The number of carboxylic acids is 7. The zero-order valence-corrected chi connectivity index (χ0v) is 53.5. The number of carbonyl (C=O) groups excluding carboxylic acids is 10. The second-order valence-corrected chi connectivity index (χ2v) is 18.7. The molecule has 14 aromatic rings. The summed E-state index contributed by atoms with van der Waals surface area (Å²) in [5.41, 5.74) is 4.49. The minimum absolute atomic E-state index is 0. The Morgan fingerprint density at radius 2 is 0.286 bits per heavy atom. The molecule has 1 radical (unpaired) electrons. The predicted molar refractivity (Wildman–Crippen MR) is 344 cm³/mol. The van der Waals surface area contributed by atoms with E-state index in [9.17, 15) is 69.3 Å². The van der Waals surface area contributed by atoms with Crippen LogP contribution in [0.2, 0.25) is 0 Å². The maximum atomic E-state index is 10.5. The van der Waals surface area contributed by atoms with Gasteiger partial charge in [0.2, 0.25) is 0 Å². The summed E-state index contributed by atoms with van der Waals surface area (Å²) in [6.45, 7) is 6.00. The molecule has 0 saturated heterocycles. The average molecular weight is 1480 g/mol. The molecule has 0 atom stereocenters. The van der Waals surface area contributed by atoms with Crippen molar-refractivity contribution < 1.29 is 104 Å². The number of nitrogens with zero attached hydrogens (tertiary/aromatic N) is 7. The molecular formula is C73H48N7O17Re-7. The van der Waals surface area contributed by atoms with Crippen LogP contribution in [-0.4, -0.2) is 97.0 Å². The van der Waals surface area contributed by atoms with Gasteiger partial charge in [0.05, 0.1) is 120 Å². The van der Waals surface area contributed by atoms with Crippen LogP contribution in [0.3, 0.4) is 0 Å². The molecule has 14 rings (SSSR count). The van der Waals surface area contributed by atoms with Crippen LogP contribution in [0, 0.1) is 0 Å².